The van der Waals surface area contributed by atoms with Crippen LogP contribution in [0.5, 0.6) is 0 Å². The molecule has 0 aliphatic carbocycles. The predicted octanol–water partition coefficient (Wildman–Crippen LogP) is 0.377. The van der Waals surface area contributed by atoms with Gasteiger partial charge < -0.3 is 5.73 Å². The van der Waals surface area contributed by atoms with Crippen molar-refractivity contribution in [1.29, 1.82) is 0 Å². The molecule has 0 bridgehead atoms. The fraction of sp³-hybridized carbons (Fsp3) is 1.00. The molecule has 1 aliphatic rings. The SMILES string of the molecule is CCN1CC(F)CC1CN. The molecule has 1 saturated heterocycles. The Morgan fingerprint density at radius 1 is 1.70 bits per heavy atom. The fourth-order valence-corrected chi connectivity index (χ4v) is 1.55. The summed E-state index contributed by atoms with van der Waals surface area (Å²) < 4.78 is 12.7. The summed E-state index contributed by atoms with van der Waals surface area (Å²) in [7, 11) is 0. The molecule has 1 rings (SSSR count). The molecule has 1 heterocycles. The largest absolute Gasteiger partial charge is 0.329 e. The van der Waals surface area contributed by atoms with E-state index >= 15 is 0 Å². The lowest BCUT2D eigenvalue weighted by atomic mass is 10.2. The molecule has 0 aromatic carbocycles. The molecule has 0 spiro atoms. The Morgan fingerprint density at radius 2 is 2.40 bits per heavy atom. The molecule has 2 N–H and O–H groups in total. The minimum absolute atomic E-state index is 0.292. The van der Waals surface area contributed by atoms with Gasteiger partial charge in [0.2, 0.25) is 0 Å². The zero-order valence-electron chi connectivity index (χ0n) is 6.39. The minimum Gasteiger partial charge on any atom is -0.329 e. The number of likely N-dealkylation sites (tertiary alicyclic amines) is 1. The fourth-order valence-electron chi connectivity index (χ4n) is 1.55. The number of hydrogen-bond donors (Lipinski definition) is 1. The maximum Gasteiger partial charge on any atom is 0.114 e. The van der Waals surface area contributed by atoms with E-state index in [0.29, 0.717) is 25.6 Å². The molecule has 3 heteroatoms. The number of likely N-dealkylation sites (N-methyl/N-ethyl adjacent to an activating group) is 1. The third kappa shape index (κ3) is 1.47. The van der Waals surface area contributed by atoms with Gasteiger partial charge in [0.15, 0.2) is 0 Å². The zero-order valence-corrected chi connectivity index (χ0v) is 6.39. The Kier molecular flexibility index (Phi) is 2.63. The minimum atomic E-state index is -0.645. The average molecular weight is 146 g/mol. The average Bonchev–Trinajstić information content (AvgIpc) is 2.30. The molecule has 10 heavy (non-hydrogen) atoms. The third-order valence-corrected chi connectivity index (χ3v) is 2.16. The van der Waals surface area contributed by atoms with Crippen molar-refractivity contribution in [1.82, 2.24) is 4.90 Å². The van der Waals surface area contributed by atoms with Crippen LogP contribution in [0.3, 0.4) is 0 Å². The van der Waals surface area contributed by atoms with E-state index in [4.69, 9.17) is 5.73 Å². The van der Waals surface area contributed by atoms with E-state index in [1.54, 1.807) is 0 Å². The smallest absolute Gasteiger partial charge is 0.114 e. The molecule has 0 saturated carbocycles. The summed E-state index contributed by atoms with van der Waals surface area (Å²) in [5.74, 6) is 0. The van der Waals surface area contributed by atoms with Gasteiger partial charge in [-0.15, -0.1) is 0 Å². The number of rotatable bonds is 2. The van der Waals surface area contributed by atoms with Gasteiger partial charge in [-0.1, -0.05) is 6.92 Å². The number of halogens is 1. The second-order valence-corrected chi connectivity index (χ2v) is 2.81. The standard InChI is InChI=1S/C7H15FN2/c1-2-10-5-6(8)3-7(10)4-9/h6-7H,2-5,9H2,1H3. The first-order valence-corrected chi connectivity index (χ1v) is 3.86. The summed E-state index contributed by atoms with van der Waals surface area (Å²) in [6.45, 7) is 4.13. The van der Waals surface area contributed by atoms with Crippen molar-refractivity contribution in [2.75, 3.05) is 19.6 Å². The van der Waals surface area contributed by atoms with Gasteiger partial charge in [-0.3, -0.25) is 4.90 Å². The molecule has 2 unspecified atom stereocenters. The monoisotopic (exact) mass is 146 g/mol. The third-order valence-electron chi connectivity index (χ3n) is 2.16. The van der Waals surface area contributed by atoms with Gasteiger partial charge in [0, 0.05) is 19.1 Å². The first-order valence-electron chi connectivity index (χ1n) is 3.86. The van der Waals surface area contributed by atoms with Crippen molar-refractivity contribution in [3.8, 4) is 0 Å². The molecule has 1 fully saturated rings. The Hall–Kier alpha value is -0.150. The maximum atomic E-state index is 12.7. The van der Waals surface area contributed by atoms with Crippen LogP contribution in [0.15, 0.2) is 0 Å². The van der Waals surface area contributed by atoms with Gasteiger partial charge in [0.05, 0.1) is 0 Å². The van der Waals surface area contributed by atoms with E-state index in [1.165, 1.54) is 0 Å². The van der Waals surface area contributed by atoms with E-state index in [9.17, 15) is 4.39 Å². The summed E-state index contributed by atoms with van der Waals surface area (Å²) >= 11 is 0. The molecule has 1 aliphatic heterocycles. The van der Waals surface area contributed by atoms with Crippen LogP contribution in [0.2, 0.25) is 0 Å². The van der Waals surface area contributed by atoms with Crippen LogP contribution in [0.1, 0.15) is 13.3 Å². The summed E-state index contributed by atoms with van der Waals surface area (Å²) in [4.78, 5) is 2.10. The summed E-state index contributed by atoms with van der Waals surface area (Å²) in [5.41, 5.74) is 5.45. The molecule has 0 amide bonds. The van der Waals surface area contributed by atoms with Gasteiger partial charge in [-0.05, 0) is 13.0 Å². The normalized spacial score (nSPS) is 35.1. The first kappa shape index (κ1) is 7.95. The van der Waals surface area contributed by atoms with Crippen LogP contribution in [0.4, 0.5) is 4.39 Å². The molecule has 2 atom stereocenters. The van der Waals surface area contributed by atoms with Gasteiger partial charge in [-0.25, -0.2) is 4.39 Å². The quantitative estimate of drug-likeness (QED) is 0.610. The van der Waals surface area contributed by atoms with Crippen LogP contribution in [-0.2, 0) is 0 Å². The van der Waals surface area contributed by atoms with Crippen LogP contribution in [-0.4, -0.2) is 36.7 Å². The highest BCUT2D eigenvalue weighted by molar-refractivity contribution is 4.84. The van der Waals surface area contributed by atoms with E-state index in [0.717, 1.165) is 6.54 Å². The summed E-state index contributed by atoms with van der Waals surface area (Å²) in [6.07, 6.45) is -0.0156. The lowest BCUT2D eigenvalue weighted by molar-refractivity contribution is 0.259. The second-order valence-electron chi connectivity index (χ2n) is 2.81. The van der Waals surface area contributed by atoms with Gasteiger partial charge in [0.25, 0.3) is 0 Å². The van der Waals surface area contributed by atoms with Gasteiger partial charge >= 0.3 is 0 Å². The van der Waals surface area contributed by atoms with Crippen LogP contribution in [0, 0.1) is 0 Å². The number of hydrogen-bond acceptors (Lipinski definition) is 2. The molecule has 0 aromatic rings. The molecule has 60 valence electrons. The molecule has 0 aromatic heterocycles. The van der Waals surface area contributed by atoms with Gasteiger partial charge in [0.1, 0.15) is 6.17 Å². The Morgan fingerprint density at radius 3 is 2.80 bits per heavy atom. The van der Waals surface area contributed by atoms with Crippen LogP contribution < -0.4 is 5.73 Å². The topological polar surface area (TPSA) is 29.3 Å². The highest BCUT2D eigenvalue weighted by Crippen LogP contribution is 2.18. The van der Waals surface area contributed by atoms with Crippen LogP contribution in [0.25, 0.3) is 0 Å². The first-order chi connectivity index (χ1) is 4.77. The highest BCUT2D eigenvalue weighted by Gasteiger charge is 2.29. The molecule has 0 radical (unpaired) electrons. The number of nitrogens with two attached hydrogens (primary N) is 1. The summed E-state index contributed by atoms with van der Waals surface area (Å²) in [5, 5.41) is 0. The van der Waals surface area contributed by atoms with Crippen molar-refractivity contribution in [3.05, 3.63) is 0 Å². The molecular formula is C7H15FN2. The van der Waals surface area contributed by atoms with Crippen molar-refractivity contribution in [2.45, 2.75) is 25.6 Å². The van der Waals surface area contributed by atoms with E-state index < -0.39 is 6.17 Å². The van der Waals surface area contributed by atoms with Crippen molar-refractivity contribution >= 4 is 0 Å². The van der Waals surface area contributed by atoms with E-state index in [2.05, 4.69) is 4.90 Å². The lowest BCUT2D eigenvalue weighted by Crippen LogP contribution is -2.35. The van der Waals surface area contributed by atoms with Crippen molar-refractivity contribution in [3.63, 3.8) is 0 Å². The van der Waals surface area contributed by atoms with Crippen LogP contribution >= 0.6 is 0 Å². The van der Waals surface area contributed by atoms with Gasteiger partial charge in [-0.2, -0.15) is 0 Å². The second kappa shape index (κ2) is 3.30. The predicted molar refractivity (Wildman–Crippen MR) is 39.6 cm³/mol. The molecule has 2 nitrogen and oxygen atoms in total. The maximum absolute atomic E-state index is 12.7. The number of alkyl halides is 1. The number of nitrogens with zero attached hydrogens (tertiary/aromatic N) is 1. The lowest BCUT2D eigenvalue weighted by Gasteiger charge is -2.19. The van der Waals surface area contributed by atoms with E-state index in [1.807, 2.05) is 6.92 Å². The highest BCUT2D eigenvalue weighted by atomic mass is 19.1. The van der Waals surface area contributed by atoms with Crippen molar-refractivity contribution < 1.29 is 4.39 Å². The van der Waals surface area contributed by atoms with E-state index in [-0.39, 0.29) is 0 Å². The van der Waals surface area contributed by atoms with Crippen molar-refractivity contribution in [2.24, 2.45) is 5.73 Å². The Bertz CT molecular complexity index is 95.8. The zero-order chi connectivity index (χ0) is 7.56. The molecular weight excluding hydrogens is 131 g/mol. The Balaban J connectivity index is 2.41. The summed E-state index contributed by atoms with van der Waals surface area (Å²) in [6, 6.07) is 0.292. The Labute approximate surface area is 61.2 Å².